The Labute approximate surface area is 654 Å². The van der Waals surface area contributed by atoms with Gasteiger partial charge in [-0.3, -0.25) is 0 Å². The van der Waals surface area contributed by atoms with E-state index in [-0.39, 0.29) is 12.4 Å². The van der Waals surface area contributed by atoms with Crippen molar-refractivity contribution in [2.24, 2.45) is 0 Å². The first-order valence-corrected chi connectivity index (χ1v) is 42.2. The molecule has 108 heavy (non-hydrogen) atoms. The molecule has 5 nitrogen and oxygen atoms in total. The van der Waals surface area contributed by atoms with Gasteiger partial charge >= 0.3 is 5.97 Å². The summed E-state index contributed by atoms with van der Waals surface area (Å²) in [6.07, 6.45) is 69.2. The fourth-order valence-corrected chi connectivity index (χ4v) is 13.8. The first kappa shape index (κ1) is 86.0. The number of terminal acetylenes is 2. The van der Waals surface area contributed by atoms with Gasteiger partial charge in [0.05, 0.1) is 25.4 Å². The van der Waals surface area contributed by atoms with Gasteiger partial charge in [0.25, 0.3) is 0 Å². The third kappa shape index (κ3) is 37.5. The van der Waals surface area contributed by atoms with E-state index in [0.717, 1.165) is 106 Å². The van der Waals surface area contributed by atoms with Gasteiger partial charge in [0.15, 0.2) is 0 Å². The Morgan fingerprint density at radius 2 is 0.519 bits per heavy atom. The van der Waals surface area contributed by atoms with Gasteiger partial charge in [-0.1, -0.05) is 327 Å². The summed E-state index contributed by atoms with van der Waals surface area (Å²) in [5.41, 5.74) is 10.3. The lowest BCUT2D eigenvalue weighted by atomic mass is 9.93. The predicted octanol–water partition coefficient (Wildman–Crippen LogP) is 27.7. The molecule has 0 heterocycles. The zero-order valence-electron chi connectivity index (χ0n) is 66.0. The van der Waals surface area contributed by atoms with E-state index in [1.807, 2.05) is 146 Å². The van der Waals surface area contributed by atoms with Crippen molar-refractivity contribution in [3.8, 4) is 112 Å². The Kier molecular flexibility index (Phi) is 44.7. The highest BCUT2D eigenvalue weighted by Crippen LogP contribution is 2.40. The molecule has 0 saturated carbocycles. The highest BCUT2D eigenvalue weighted by Gasteiger charge is 2.18. The molecule has 0 saturated heterocycles. The van der Waals surface area contributed by atoms with E-state index in [4.69, 9.17) is 27.1 Å². The fraction of sp³-hybridized carbons (Fsp3) is 0.466. The van der Waals surface area contributed by atoms with Crippen molar-refractivity contribution >= 4 is 5.97 Å². The Hall–Kier alpha value is -9.23. The highest BCUT2D eigenvalue weighted by molar-refractivity contribution is 5.96. The minimum absolute atomic E-state index is 0.0738. The monoisotopic (exact) mass is 1440 g/mol. The number of ether oxygens (including phenoxy) is 3. The van der Waals surface area contributed by atoms with Crippen LogP contribution >= 0.6 is 0 Å². The van der Waals surface area contributed by atoms with Gasteiger partial charge in [0.1, 0.15) is 17.2 Å². The largest absolute Gasteiger partial charge is 0.507 e. The van der Waals surface area contributed by atoms with Gasteiger partial charge < -0.3 is 19.3 Å². The summed E-state index contributed by atoms with van der Waals surface area (Å²) in [6.45, 7) is 3.48. The van der Waals surface area contributed by atoms with Crippen LogP contribution in [0.25, 0.3) is 22.3 Å². The number of hydrogen-bond acceptors (Lipinski definition) is 5. The van der Waals surface area contributed by atoms with E-state index in [1.54, 1.807) is 19.1 Å². The number of hydrogen-bond donors (Lipinski definition) is 1. The topological polar surface area (TPSA) is 65.0 Å². The molecule has 0 aliphatic carbocycles. The first-order chi connectivity index (χ1) is 53.4. The summed E-state index contributed by atoms with van der Waals surface area (Å²) in [6, 6.07) is 50.7. The van der Waals surface area contributed by atoms with E-state index >= 15 is 0 Å². The van der Waals surface area contributed by atoms with Crippen LogP contribution < -0.4 is 9.47 Å². The third-order valence-electron chi connectivity index (χ3n) is 20.4. The van der Waals surface area contributed by atoms with Gasteiger partial charge in [-0.2, -0.15) is 0 Å². The molecule has 0 bridgehead atoms. The summed E-state index contributed by atoms with van der Waals surface area (Å²) in [5.74, 6) is 32.9. The maximum Gasteiger partial charge on any atom is 0.338 e. The van der Waals surface area contributed by atoms with Crippen LogP contribution in [0.4, 0.5) is 0 Å². The van der Waals surface area contributed by atoms with Gasteiger partial charge in [-0.05, 0) is 177 Å². The fourth-order valence-electron chi connectivity index (χ4n) is 13.8. The van der Waals surface area contributed by atoms with Crippen LogP contribution in [0.5, 0.6) is 17.2 Å². The molecule has 568 valence electrons. The first-order valence-electron chi connectivity index (χ1n) is 42.2. The van der Waals surface area contributed by atoms with Crippen molar-refractivity contribution in [3.63, 3.8) is 0 Å². The van der Waals surface area contributed by atoms with E-state index in [1.165, 1.54) is 257 Å². The minimum Gasteiger partial charge on any atom is -0.507 e. The summed E-state index contributed by atoms with van der Waals surface area (Å²) in [7, 11) is 0. The normalized spacial score (nSPS) is 10.7. The quantitative estimate of drug-likeness (QED) is 0.0234. The van der Waals surface area contributed by atoms with Crippen LogP contribution in [-0.4, -0.2) is 30.9 Å². The van der Waals surface area contributed by atoms with Crippen LogP contribution in [0.15, 0.2) is 158 Å². The van der Waals surface area contributed by atoms with Crippen LogP contribution in [0.1, 0.15) is 344 Å². The van der Waals surface area contributed by atoms with E-state index in [2.05, 4.69) is 59.2 Å². The van der Waals surface area contributed by atoms with Gasteiger partial charge in [-0.25, -0.2) is 4.79 Å². The second-order valence-electron chi connectivity index (χ2n) is 29.4. The lowest BCUT2D eigenvalue weighted by Crippen LogP contribution is -2.05. The average Bonchev–Trinajstić information content (AvgIpc) is 0.785. The molecular weight excluding hydrogens is 1320 g/mol. The zero-order valence-corrected chi connectivity index (χ0v) is 66.0. The summed E-state index contributed by atoms with van der Waals surface area (Å²) in [5, 5.41) is 11.8. The predicted molar refractivity (Wildman–Crippen MR) is 456 cm³/mol. The molecule has 0 aliphatic rings. The smallest absolute Gasteiger partial charge is 0.338 e. The number of aromatic hydroxyl groups is 1. The van der Waals surface area contributed by atoms with Crippen molar-refractivity contribution in [3.05, 3.63) is 208 Å². The molecule has 7 rings (SSSR count). The number of benzene rings is 7. The van der Waals surface area contributed by atoms with E-state index in [9.17, 15) is 9.90 Å². The molecule has 0 unspecified atom stereocenters. The molecular formula is C103H126O5. The van der Waals surface area contributed by atoms with Gasteiger partial charge in [0, 0.05) is 68.5 Å². The van der Waals surface area contributed by atoms with Gasteiger partial charge in [0.2, 0.25) is 0 Å². The Morgan fingerprint density at radius 1 is 0.296 bits per heavy atom. The zero-order chi connectivity index (χ0) is 75.6. The summed E-state index contributed by atoms with van der Waals surface area (Å²) < 4.78 is 17.6. The third-order valence-corrected chi connectivity index (χ3v) is 20.4. The second-order valence-corrected chi connectivity index (χ2v) is 29.4. The van der Waals surface area contributed by atoms with Crippen LogP contribution in [-0.2, 0) is 4.74 Å². The number of phenols is 1. The molecule has 1 N–H and O–H groups in total. The molecule has 0 fully saturated rings. The number of unbranched alkanes of at least 4 members (excludes halogenated alkanes) is 42. The number of phenolic OH excluding ortho intramolecular Hbond substituents is 1. The average molecular weight is 1440 g/mol. The lowest BCUT2D eigenvalue weighted by Gasteiger charge is -2.14. The molecule has 7 aromatic rings. The van der Waals surface area contributed by atoms with Crippen molar-refractivity contribution in [2.75, 3.05) is 19.8 Å². The molecule has 0 aliphatic heterocycles. The Bertz CT molecular complexity index is 3690. The van der Waals surface area contributed by atoms with Crippen molar-refractivity contribution < 1.29 is 24.1 Å². The SMILES string of the molecule is C#Cc1ccc(C#CCCCCCCCCCCCCCCCCCCCCCCCOc2ccc(C#Cc3ccc(-c4cc(C(=O)OCC)cc(-c5ccc(C#Cc6ccc(OCCCCCCCCCCCCCCCCCCCCCCCC#Cc7ccc(C#C)cc7)cc6)cc5)c4O)cc3)cc2)cc1. The maximum atomic E-state index is 13.2. The molecule has 7 aromatic carbocycles. The Balaban J connectivity index is 0.667. The highest BCUT2D eigenvalue weighted by atomic mass is 16.5. The minimum atomic E-state index is -0.450. The maximum absolute atomic E-state index is 13.2. The molecule has 0 radical (unpaired) electrons. The second kappa shape index (κ2) is 56.1. The van der Waals surface area contributed by atoms with E-state index < -0.39 is 5.97 Å². The summed E-state index contributed by atoms with van der Waals surface area (Å²) >= 11 is 0. The Morgan fingerprint density at radius 3 is 0.778 bits per heavy atom. The lowest BCUT2D eigenvalue weighted by molar-refractivity contribution is 0.0526. The van der Waals surface area contributed by atoms with Crippen LogP contribution in [0.3, 0.4) is 0 Å². The van der Waals surface area contributed by atoms with E-state index in [0.29, 0.717) is 16.7 Å². The van der Waals surface area contributed by atoms with Crippen LogP contribution in [0.2, 0.25) is 0 Å². The standard InChI is InChI=1S/C103H126O5/c1-4-87-55-59-89(60-56-87)53-49-45-41-37-33-29-25-21-17-13-9-7-11-15-19-23-27-31-35-39-43-47-51-83-107-98-79-71-93(72-80-98)65-63-91-67-75-95(76-68-91)100-85-97(103(105)106-6-3)86-101(102(100)104)96-77-69-92(70-78-96)64-66-94-73-81-99(82-74-94)108-84-52-48-44-40-36-32-28-24-20-16-12-8-10-14-18-22-26-30-34-38-42-46-50-54-90-61-57-88(5-2)58-62-90/h1-2,55-62,67-82,85-86,104H,6-48,51-52,83-84H2,3H3. The van der Waals surface area contributed by atoms with Crippen molar-refractivity contribution in [2.45, 2.75) is 289 Å². The number of rotatable bonds is 52. The van der Waals surface area contributed by atoms with Crippen LogP contribution in [0, 0.1) is 72.1 Å². The van der Waals surface area contributed by atoms with Gasteiger partial charge in [-0.15, -0.1) is 12.8 Å². The molecule has 0 aromatic heterocycles. The summed E-state index contributed by atoms with van der Waals surface area (Å²) in [4.78, 5) is 13.2. The molecule has 5 heteroatoms. The van der Waals surface area contributed by atoms with Crippen molar-refractivity contribution in [1.29, 1.82) is 0 Å². The molecule has 0 spiro atoms. The number of carbonyl (C=O) groups is 1. The molecule has 0 amide bonds. The number of carbonyl (C=O) groups excluding carboxylic acids is 1. The van der Waals surface area contributed by atoms with Crippen molar-refractivity contribution in [1.82, 2.24) is 0 Å². The molecule has 0 atom stereocenters. The number of esters is 1.